The van der Waals surface area contributed by atoms with Gasteiger partial charge in [0, 0.05) is 7.05 Å². The number of aryl methyl sites for hydroxylation is 2. The van der Waals surface area contributed by atoms with Crippen molar-refractivity contribution < 1.29 is 4.79 Å². The molecule has 0 saturated heterocycles. The van der Waals surface area contributed by atoms with Gasteiger partial charge in [-0.25, -0.2) is 0 Å². The van der Waals surface area contributed by atoms with Gasteiger partial charge in [0.05, 0.1) is 5.69 Å². The lowest BCUT2D eigenvalue weighted by atomic mass is 9.83. The molecular weight excluding hydrogens is 228 g/mol. The van der Waals surface area contributed by atoms with E-state index in [1.165, 1.54) is 19.3 Å². The predicted molar refractivity (Wildman–Crippen MR) is 70.6 cm³/mol. The maximum absolute atomic E-state index is 12.2. The molecule has 1 aromatic heterocycles. The number of nitrogens with one attached hydrogen (secondary N) is 2. The Bertz CT molecular complexity index is 474. The van der Waals surface area contributed by atoms with Crippen LogP contribution in [0.2, 0.25) is 0 Å². The SMILES string of the molecule is Cc1nn(C)c2c1NC(=O)C(C1CCCCC1)N2. The van der Waals surface area contributed by atoms with Gasteiger partial charge < -0.3 is 10.6 Å². The van der Waals surface area contributed by atoms with Crippen LogP contribution in [-0.4, -0.2) is 21.7 Å². The number of carbonyl (C=O) groups excluding carboxylic acids is 1. The molecule has 0 bridgehead atoms. The van der Waals surface area contributed by atoms with Crippen LogP contribution in [-0.2, 0) is 11.8 Å². The van der Waals surface area contributed by atoms with E-state index in [4.69, 9.17) is 0 Å². The zero-order valence-electron chi connectivity index (χ0n) is 11.0. The minimum Gasteiger partial charge on any atom is -0.357 e. The van der Waals surface area contributed by atoms with Gasteiger partial charge in [-0.15, -0.1) is 0 Å². The van der Waals surface area contributed by atoms with E-state index < -0.39 is 0 Å². The summed E-state index contributed by atoms with van der Waals surface area (Å²) in [6, 6.07) is -0.0902. The highest BCUT2D eigenvalue weighted by Gasteiger charge is 2.35. The van der Waals surface area contributed by atoms with Crippen molar-refractivity contribution in [1.82, 2.24) is 9.78 Å². The van der Waals surface area contributed by atoms with E-state index in [2.05, 4.69) is 15.7 Å². The van der Waals surface area contributed by atoms with Crippen LogP contribution in [0.15, 0.2) is 0 Å². The first kappa shape index (κ1) is 11.6. The smallest absolute Gasteiger partial charge is 0.247 e. The van der Waals surface area contributed by atoms with Crippen molar-refractivity contribution in [2.45, 2.75) is 45.1 Å². The molecule has 1 aliphatic heterocycles. The van der Waals surface area contributed by atoms with Crippen LogP contribution in [0, 0.1) is 12.8 Å². The van der Waals surface area contributed by atoms with Crippen molar-refractivity contribution in [3.05, 3.63) is 5.69 Å². The van der Waals surface area contributed by atoms with Crippen LogP contribution < -0.4 is 10.6 Å². The van der Waals surface area contributed by atoms with E-state index in [9.17, 15) is 4.79 Å². The zero-order valence-corrected chi connectivity index (χ0v) is 11.0. The Kier molecular flexibility index (Phi) is 2.76. The van der Waals surface area contributed by atoms with E-state index >= 15 is 0 Å². The van der Waals surface area contributed by atoms with Crippen molar-refractivity contribution in [2.24, 2.45) is 13.0 Å². The van der Waals surface area contributed by atoms with E-state index in [1.54, 1.807) is 0 Å². The third-order valence-electron chi connectivity index (χ3n) is 4.17. The van der Waals surface area contributed by atoms with Crippen LogP contribution in [0.1, 0.15) is 37.8 Å². The van der Waals surface area contributed by atoms with E-state index in [1.807, 2.05) is 18.7 Å². The van der Waals surface area contributed by atoms with Gasteiger partial charge in [0.2, 0.25) is 5.91 Å². The molecule has 1 aliphatic carbocycles. The molecule has 1 amide bonds. The fourth-order valence-electron chi connectivity index (χ4n) is 3.19. The molecule has 1 unspecified atom stereocenters. The highest BCUT2D eigenvalue weighted by molar-refractivity contribution is 6.03. The van der Waals surface area contributed by atoms with Gasteiger partial charge in [-0.1, -0.05) is 19.3 Å². The Morgan fingerprint density at radius 1 is 1.28 bits per heavy atom. The Balaban J connectivity index is 1.86. The van der Waals surface area contributed by atoms with E-state index in [-0.39, 0.29) is 11.9 Å². The van der Waals surface area contributed by atoms with E-state index in [0.717, 1.165) is 30.0 Å². The first-order chi connectivity index (χ1) is 8.66. The average Bonchev–Trinajstić information content (AvgIpc) is 2.65. The predicted octanol–water partition coefficient (Wildman–Crippen LogP) is 2.04. The molecule has 2 aliphatic rings. The molecular formula is C13H20N4O. The quantitative estimate of drug-likeness (QED) is 0.799. The summed E-state index contributed by atoms with van der Waals surface area (Å²) in [5.74, 6) is 1.51. The number of rotatable bonds is 1. The minimum absolute atomic E-state index is 0.0902. The lowest BCUT2D eigenvalue weighted by Gasteiger charge is -2.33. The molecule has 18 heavy (non-hydrogen) atoms. The summed E-state index contributed by atoms with van der Waals surface area (Å²) in [5.41, 5.74) is 1.71. The summed E-state index contributed by atoms with van der Waals surface area (Å²) >= 11 is 0. The largest absolute Gasteiger partial charge is 0.357 e. The lowest BCUT2D eigenvalue weighted by molar-refractivity contribution is -0.118. The third-order valence-corrected chi connectivity index (χ3v) is 4.17. The second kappa shape index (κ2) is 4.30. The molecule has 98 valence electrons. The summed E-state index contributed by atoms with van der Waals surface area (Å²) in [6.07, 6.45) is 6.09. The number of hydrogen-bond acceptors (Lipinski definition) is 3. The van der Waals surface area contributed by atoms with Crippen molar-refractivity contribution in [3.8, 4) is 0 Å². The summed E-state index contributed by atoms with van der Waals surface area (Å²) in [4.78, 5) is 12.2. The second-order valence-electron chi connectivity index (χ2n) is 5.44. The van der Waals surface area contributed by atoms with E-state index in [0.29, 0.717) is 5.92 Å². The molecule has 3 rings (SSSR count). The van der Waals surface area contributed by atoms with Gasteiger partial charge in [0.15, 0.2) is 0 Å². The molecule has 1 saturated carbocycles. The van der Waals surface area contributed by atoms with Crippen molar-refractivity contribution >= 4 is 17.4 Å². The zero-order chi connectivity index (χ0) is 12.7. The van der Waals surface area contributed by atoms with Gasteiger partial charge in [-0.3, -0.25) is 9.48 Å². The van der Waals surface area contributed by atoms with Gasteiger partial charge >= 0.3 is 0 Å². The maximum Gasteiger partial charge on any atom is 0.247 e. The molecule has 1 aromatic rings. The lowest BCUT2D eigenvalue weighted by Crippen LogP contribution is -2.45. The second-order valence-corrected chi connectivity index (χ2v) is 5.44. The Labute approximate surface area is 107 Å². The van der Waals surface area contributed by atoms with Crippen molar-refractivity contribution in [3.63, 3.8) is 0 Å². The molecule has 2 heterocycles. The highest BCUT2D eigenvalue weighted by atomic mass is 16.2. The molecule has 5 nitrogen and oxygen atoms in total. The number of fused-ring (bicyclic) bond motifs is 1. The Morgan fingerprint density at radius 2 is 2.00 bits per heavy atom. The summed E-state index contributed by atoms with van der Waals surface area (Å²) < 4.78 is 1.82. The molecule has 0 radical (unpaired) electrons. The topological polar surface area (TPSA) is 59.0 Å². The van der Waals surface area contributed by atoms with Crippen LogP contribution in [0.25, 0.3) is 0 Å². The molecule has 0 spiro atoms. The minimum atomic E-state index is -0.0902. The summed E-state index contributed by atoms with van der Waals surface area (Å²) in [5, 5.41) is 10.8. The highest BCUT2D eigenvalue weighted by Crippen LogP contribution is 2.35. The normalized spacial score (nSPS) is 24.3. The fourth-order valence-corrected chi connectivity index (χ4v) is 3.19. The molecule has 5 heteroatoms. The number of amides is 1. The number of nitrogens with zero attached hydrogens (tertiary/aromatic N) is 2. The van der Waals surface area contributed by atoms with Gasteiger partial charge in [-0.2, -0.15) is 5.10 Å². The number of hydrogen-bond donors (Lipinski definition) is 2. The van der Waals surface area contributed by atoms with Crippen LogP contribution in [0.4, 0.5) is 11.5 Å². The standard InChI is InChI=1S/C13H20N4O/c1-8-10-12(17(2)16-8)14-11(13(18)15-10)9-6-4-3-5-7-9/h9,11,14H,3-7H2,1-2H3,(H,15,18). The first-order valence-electron chi connectivity index (χ1n) is 6.78. The third kappa shape index (κ3) is 1.78. The Morgan fingerprint density at radius 3 is 2.72 bits per heavy atom. The van der Waals surface area contributed by atoms with Crippen LogP contribution in [0.3, 0.4) is 0 Å². The van der Waals surface area contributed by atoms with Crippen molar-refractivity contribution in [2.75, 3.05) is 10.6 Å². The number of aromatic nitrogens is 2. The number of anilines is 2. The molecule has 0 aromatic carbocycles. The fraction of sp³-hybridized carbons (Fsp3) is 0.692. The number of carbonyl (C=O) groups is 1. The van der Waals surface area contributed by atoms with Crippen LogP contribution >= 0.6 is 0 Å². The molecule has 1 fully saturated rings. The van der Waals surface area contributed by atoms with Crippen LogP contribution in [0.5, 0.6) is 0 Å². The molecule has 2 N–H and O–H groups in total. The Hall–Kier alpha value is -1.52. The summed E-state index contributed by atoms with van der Waals surface area (Å²) in [6.45, 7) is 1.92. The monoisotopic (exact) mass is 248 g/mol. The van der Waals surface area contributed by atoms with Gasteiger partial charge in [0.1, 0.15) is 17.5 Å². The van der Waals surface area contributed by atoms with Gasteiger partial charge in [0.25, 0.3) is 0 Å². The first-order valence-corrected chi connectivity index (χ1v) is 6.78. The van der Waals surface area contributed by atoms with Crippen molar-refractivity contribution in [1.29, 1.82) is 0 Å². The van der Waals surface area contributed by atoms with Gasteiger partial charge in [-0.05, 0) is 25.7 Å². The molecule has 1 atom stereocenters. The summed E-state index contributed by atoms with van der Waals surface area (Å²) in [7, 11) is 1.91. The maximum atomic E-state index is 12.2. The average molecular weight is 248 g/mol.